The van der Waals surface area contributed by atoms with Gasteiger partial charge in [-0.25, -0.2) is 4.98 Å². The van der Waals surface area contributed by atoms with E-state index in [1.165, 1.54) is 23.8 Å². The molecule has 9 heteroatoms. The summed E-state index contributed by atoms with van der Waals surface area (Å²) >= 11 is 1.11. The molecule has 2 N–H and O–H groups in total. The SMILES string of the molecule is C#CCN(C)CC1=Cc2ccccc2Oc2ccccc21.Nc1nc2ccc(OC(F)(F)F)cc2s1. The lowest BCUT2D eigenvalue weighted by molar-refractivity contribution is -0.274. The average Bonchev–Trinajstić information content (AvgIpc) is 3.11. The van der Waals surface area contributed by atoms with Crippen LogP contribution in [-0.2, 0) is 0 Å². The minimum absolute atomic E-state index is 0.265. The van der Waals surface area contributed by atoms with E-state index in [0.29, 0.717) is 21.9 Å². The van der Waals surface area contributed by atoms with Crippen molar-refractivity contribution < 1.29 is 22.6 Å². The van der Waals surface area contributed by atoms with Crippen molar-refractivity contribution in [2.24, 2.45) is 0 Å². The number of aromatic nitrogens is 1. The summed E-state index contributed by atoms with van der Waals surface area (Å²) in [6.45, 7) is 1.42. The number of terminal acetylenes is 1. The number of likely N-dealkylation sites (N-methyl/N-ethyl adjacent to an activating group) is 1. The first-order valence-electron chi connectivity index (χ1n) is 10.8. The number of rotatable bonds is 4. The minimum atomic E-state index is -4.68. The van der Waals surface area contributed by atoms with Crippen LogP contribution in [0.15, 0.2) is 66.7 Å². The maximum atomic E-state index is 11.9. The van der Waals surface area contributed by atoms with Crippen LogP contribution in [0.1, 0.15) is 11.1 Å². The molecule has 0 atom stereocenters. The van der Waals surface area contributed by atoms with Crippen LogP contribution in [-0.4, -0.2) is 36.4 Å². The van der Waals surface area contributed by atoms with Crippen molar-refractivity contribution in [3.05, 3.63) is 77.9 Å². The quantitative estimate of drug-likeness (QED) is 0.311. The molecule has 0 bridgehead atoms. The number of anilines is 1. The summed E-state index contributed by atoms with van der Waals surface area (Å²) in [7, 11) is 2.03. The van der Waals surface area contributed by atoms with Crippen molar-refractivity contribution >= 4 is 38.3 Å². The van der Waals surface area contributed by atoms with Crippen molar-refractivity contribution in [1.29, 1.82) is 0 Å². The smallest absolute Gasteiger partial charge is 0.456 e. The monoisotopic (exact) mass is 509 g/mol. The second-order valence-corrected chi connectivity index (χ2v) is 8.97. The van der Waals surface area contributed by atoms with E-state index >= 15 is 0 Å². The molecule has 0 amide bonds. The third kappa shape index (κ3) is 6.36. The molecule has 1 aliphatic heterocycles. The summed E-state index contributed by atoms with van der Waals surface area (Å²) in [6, 6.07) is 20.1. The van der Waals surface area contributed by atoms with E-state index in [1.807, 2.05) is 43.4 Å². The van der Waals surface area contributed by atoms with E-state index in [2.05, 4.69) is 38.7 Å². The van der Waals surface area contributed by atoms with Gasteiger partial charge in [-0.15, -0.1) is 19.6 Å². The molecule has 0 saturated carbocycles. The van der Waals surface area contributed by atoms with E-state index in [1.54, 1.807) is 0 Å². The number of halogens is 3. The highest BCUT2D eigenvalue weighted by atomic mass is 32.1. The number of hydrogen-bond acceptors (Lipinski definition) is 6. The van der Waals surface area contributed by atoms with Crippen molar-refractivity contribution in [3.63, 3.8) is 0 Å². The first kappa shape index (κ1) is 25.1. The number of alkyl halides is 3. The number of nitrogens with zero attached hydrogens (tertiary/aromatic N) is 2. The van der Waals surface area contributed by atoms with Gasteiger partial charge in [0.1, 0.15) is 17.2 Å². The van der Waals surface area contributed by atoms with Crippen LogP contribution in [0.2, 0.25) is 0 Å². The molecule has 0 fully saturated rings. The van der Waals surface area contributed by atoms with Crippen molar-refractivity contribution in [3.8, 4) is 29.6 Å². The molecule has 0 spiro atoms. The zero-order valence-electron chi connectivity index (χ0n) is 19.3. The van der Waals surface area contributed by atoms with Gasteiger partial charge in [-0.2, -0.15) is 0 Å². The lowest BCUT2D eigenvalue weighted by Crippen LogP contribution is -2.20. The van der Waals surface area contributed by atoms with Gasteiger partial charge in [-0.1, -0.05) is 53.7 Å². The van der Waals surface area contributed by atoms with E-state index in [0.717, 1.165) is 40.5 Å². The Morgan fingerprint density at radius 3 is 2.56 bits per heavy atom. The summed E-state index contributed by atoms with van der Waals surface area (Å²) in [5.74, 6) is 4.20. The predicted octanol–water partition coefficient (Wildman–Crippen LogP) is 6.68. The molecular formula is C27H22F3N3O2S. The average molecular weight is 510 g/mol. The van der Waals surface area contributed by atoms with Crippen LogP contribution in [0.25, 0.3) is 21.9 Å². The summed E-state index contributed by atoms with van der Waals surface area (Å²) < 4.78 is 46.0. The number of fused-ring (bicyclic) bond motifs is 3. The summed E-state index contributed by atoms with van der Waals surface area (Å²) in [6.07, 6.45) is 2.91. The fourth-order valence-corrected chi connectivity index (χ4v) is 4.41. The predicted molar refractivity (Wildman–Crippen MR) is 138 cm³/mol. The highest BCUT2D eigenvalue weighted by molar-refractivity contribution is 7.22. The van der Waals surface area contributed by atoms with Crippen LogP contribution < -0.4 is 15.2 Å². The number of nitrogens with two attached hydrogens (primary N) is 1. The van der Waals surface area contributed by atoms with Gasteiger partial charge < -0.3 is 15.2 Å². The molecule has 3 aromatic carbocycles. The lowest BCUT2D eigenvalue weighted by atomic mass is 10.0. The van der Waals surface area contributed by atoms with Gasteiger partial charge in [0.2, 0.25) is 0 Å². The molecule has 36 heavy (non-hydrogen) atoms. The highest BCUT2D eigenvalue weighted by Crippen LogP contribution is 2.38. The molecule has 4 aromatic rings. The molecule has 0 aliphatic carbocycles. The third-order valence-corrected chi connectivity index (χ3v) is 5.96. The van der Waals surface area contributed by atoms with Gasteiger partial charge >= 0.3 is 6.36 Å². The molecule has 184 valence electrons. The number of para-hydroxylation sites is 2. The van der Waals surface area contributed by atoms with Gasteiger partial charge in [-0.3, -0.25) is 4.90 Å². The van der Waals surface area contributed by atoms with Crippen molar-refractivity contribution in [1.82, 2.24) is 9.88 Å². The van der Waals surface area contributed by atoms with Gasteiger partial charge in [0.15, 0.2) is 5.13 Å². The van der Waals surface area contributed by atoms with Crippen LogP contribution in [0.5, 0.6) is 17.2 Å². The zero-order chi connectivity index (χ0) is 25.7. The molecular weight excluding hydrogens is 487 g/mol. The summed E-state index contributed by atoms with van der Waals surface area (Å²) in [5.41, 5.74) is 9.41. The number of ether oxygens (including phenoxy) is 2. The van der Waals surface area contributed by atoms with E-state index in [9.17, 15) is 13.2 Å². The number of nitrogen functional groups attached to an aromatic ring is 1. The molecule has 1 aliphatic rings. The standard InChI is InChI=1S/C19H17NO.C8H5F3N2OS/c1-3-12-20(2)14-16-13-15-8-4-6-10-18(15)21-19-11-7-5-9-17(16)19;9-8(10,11)14-4-1-2-5-6(3-4)15-7(12)13-5/h1,4-11,13H,12,14H2,2H3;1-3H,(H2,12,13). The van der Waals surface area contributed by atoms with Crippen LogP contribution in [0.3, 0.4) is 0 Å². The first-order chi connectivity index (χ1) is 17.2. The molecule has 1 aromatic heterocycles. The normalized spacial score (nSPS) is 12.3. The minimum Gasteiger partial charge on any atom is -0.456 e. The first-order valence-corrected chi connectivity index (χ1v) is 11.6. The fourth-order valence-electron chi connectivity index (χ4n) is 3.65. The van der Waals surface area contributed by atoms with Gasteiger partial charge in [-0.05, 0) is 43.0 Å². The maximum Gasteiger partial charge on any atom is 0.573 e. The Kier molecular flexibility index (Phi) is 7.48. The fraction of sp³-hybridized carbons (Fsp3) is 0.148. The molecule has 5 nitrogen and oxygen atoms in total. The molecule has 0 radical (unpaired) electrons. The molecule has 0 saturated heterocycles. The second-order valence-electron chi connectivity index (χ2n) is 7.91. The molecule has 5 rings (SSSR count). The van der Waals surface area contributed by atoms with Gasteiger partial charge in [0, 0.05) is 23.7 Å². The van der Waals surface area contributed by atoms with E-state index in [-0.39, 0.29) is 5.75 Å². The van der Waals surface area contributed by atoms with E-state index < -0.39 is 6.36 Å². The topological polar surface area (TPSA) is 60.6 Å². The number of benzene rings is 3. The zero-order valence-corrected chi connectivity index (χ0v) is 20.1. The Balaban J connectivity index is 0.000000179. The van der Waals surface area contributed by atoms with Crippen molar-refractivity contribution in [2.75, 3.05) is 25.9 Å². The Bertz CT molecular complexity index is 1440. The van der Waals surface area contributed by atoms with Gasteiger partial charge in [0.25, 0.3) is 0 Å². The number of thiazole rings is 1. The molecule has 2 heterocycles. The van der Waals surface area contributed by atoms with Crippen LogP contribution in [0.4, 0.5) is 18.3 Å². The number of hydrogen-bond donors (Lipinski definition) is 1. The second kappa shape index (κ2) is 10.7. The van der Waals surface area contributed by atoms with Crippen LogP contribution in [0, 0.1) is 12.3 Å². The lowest BCUT2D eigenvalue weighted by Gasteiger charge is -2.17. The Morgan fingerprint density at radius 2 is 1.81 bits per heavy atom. The highest BCUT2D eigenvalue weighted by Gasteiger charge is 2.31. The Hall–Kier alpha value is -4.00. The van der Waals surface area contributed by atoms with E-state index in [4.69, 9.17) is 16.9 Å². The Morgan fingerprint density at radius 1 is 1.08 bits per heavy atom. The summed E-state index contributed by atoms with van der Waals surface area (Å²) in [5, 5.41) is 0.314. The largest absolute Gasteiger partial charge is 0.573 e. The van der Waals surface area contributed by atoms with Crippen molar-refractivity contribution in [2.45, 2.75) is 6.36 Å². The Labute approximate surface area is 210 Å². The van der Waals surface area contributed by atoms with Crippen LogP contribution >= 0.6 is 11.3 Å². The summed E-state index contributed by atoms with van der Waals surface area (Å²) in [4.78, 5) is 6.03. The third-order valence-electron chi connectivity index (χ3n) is 5.11. The van der Waals surface area contributed by atoms with Gasteiger partial charge in [0.05, 0.1) is 16.8 Å². The maximum absolute atomic E-state index is 11.9. The molecule has 0 unspecified atom stereocenters.